The predicted octanol–water partition coefficient (Wildman–Crippen LogP) is 3.78. The second-order valence-electron chi connectivity index (χ2n) is 5.76. The van der Waals surface area contributed by atoms with Crippen LogP contribution in [0.3, 0.4) is 0 Å². The molecule has 1 fully saturated rings. The van der Waals surface area contributed by atoms with Crippen molar-refractivity contribution in [1.82, 2.24) is 0 Å². The summed E-state index contributed by atoms with van der Waals surface area (Å²) >= 11 is 0. The highest BCUT2D eigenvalue weighted by atomic mass is 16.5. The van der Waals surface area contributed by atoms with Crippen LogP contribution in [-0.4, -0.2) is 19.6 Å². The zero-order valence-electron chi connectivity index (χ0n) is 13.0. The third kappa shape index (κ3) is 5.29. The number of nitrogens with one attached hydrogen (secondary N) is 1. The summed E-state index contributed by atoms with van der Waals surface area (Å²) in [4.78, 5) is 4.52. The van der Waals surface area contributed by atoms with E-state index in [4.69, 9.17) is 10.5 Å². The molecule has 1 aromatic carbocycles. The van der Waals surface area contributed by atoms with Gasteiger partial charge in [-0.3, -0.25) is 4.99 Å². The van der Waals surface area contributed by atoms with Crippen molar-refractivity contribution in [3.8, 4) is 5.75 Å². The minimum absolute atomic E-state index is 0.474. The van der Waals surface area contributed by atoms with Crippen molar-refractivity contribution in [1.29, 1.82) is 0 Å². The SMILES string of the molecule is COc1ccccc1NC(N)=NCC1CCCCCCC1. The maximum atomic E-state index is 6.00. The smallest absolute Gasteiger partial charge is 0.193 e. The molecule has 4 heteroatoms. The third-order valence-corrected chi connectivity index (χ3v) is 4.11. The van der Waals surface area contributed by atoms with Gasteiger partial charge in [-0.25, -0.2) is 0 Å². The minimum atomic E-state index is 0.474. The molecule has 1 aromatic rings. The first-order valence-electron chi connectivity index (χ1n) is 7.99. The minimum Gasteiger partial charge on any atom is -0.495 e. The fraction of sp³-hybridized carbons (Fsp3) is 0.588. The molecule has 0 bridgehead atoms. The van der Waals surface area contributed by atoms with Gasteiger partial charge in [0.15, 0.2) is 5.96 Å². The monoisotopic (exact) mass is 289 g/mol. The number of methoxy groups -OCH3 is 1. The molecule has 1 aliphatic rings. The Bertz CT molecular complexity index is 451. The van der Waals surface area contributed by atoms with Crippen LogP contribution in [0.25, 0.3) is 0 Å². The van der Waals surface area contributed by atoms with Crippen LogP contribution in [0.4, 0.5) is 5.69 Å². The maximum absolute atomic E-state index is 6.00. The molecule has 0 heterocycles. The van der Waals surface area contributed by atoms with Crippen molar-refractivity contribution in [3.63, 3.8) is 0 Å². The fourth-order valence-electron chi connectivity index (χ4n) is 2.88. The summed E-state index contributed by atoms with van der Waals surface area (Å²) in [6.07, 6.45) is 9.37. The van der Waals surface area contributed by atoms with Crippen molar-refractivity contribution in [2.24, 2.45) is 16.6 Å². The van der Waals surface area contributed by atoms with E-state index < -0.39 is 0 Å². The van der Waals surface area contributed by atoms with Gasteiger partial charge >= 0.3 is 0 Å². The molecule has 2 rings (SSSR count). The number of nitrogens with two attached hydrogens (primary N) is 1. The topological polar surface area (TPSA) is 59.6 Å². The Morgan fingerprint density at radius 1 is 1.19 bits per heavy atom. The highest BCUT2D eigenvalue weighted by Gasteiger charge is 2.11. The van der Waals surface area contributed by atoms with Crippen LogP contribution < -0.4 is 15.8 Å². The lowest BCUT2D eigenvalue weighted by Crippen LogP contribution is -2.24. The molecule has 3 N–H and O–H groups in total. The Labute approximate surface area is 127 Å². The molecule has 116 valence electrons. The zero-order valence-corrected chi connectivity index (χ0v) is 13.0. The van der Waals surface area contributed by atoms with E-state index in [2.05, 4.69) is 10.3 Å². The van der Waals surface area contributed by atoms with Crippen molar-refractivity contribution >= 4 is 11.6 Å². The molecule has 1 saturated carbocycles. The summed E-state index contributed by atoms with van der Waals surface area (Å²) in [5.74, 6) is 1.94. The van der Waals surface area contributed by atoms with Crippen molar-refractivity contribution in [2.45, 2.75) is 44.9 Å². The molecule has 0 aliphatic heterocycles. The largest absolute Gasteiger partial charge is 0.495 e. The summed E-state index contributed by atoms with van der Waals surface area (Å²) < 4.78 is 5.30. The number of guanidine groups is 1. The molecule has 0 spiro atoms. The van der Waals surface area contributed by atoms with Gasteiger partial charge in [-0.05, 0) is 30.9 Å². The molecule has 1 aliphatic carbocycles. The van der Waals surface area contributed by atoms with E-state index in [1.165, 1.54) is 44.9 Å². The second-order valence-corrected chi connectivity index (χ2v) is 5.76. The molecule has 0 atom stereocenters. The Kier molecular flexibility index (Phi) is 6.38. The number of hydrogen-bond acceptors (Lipinski definition) is 2. The number of aliphatic imine (C=N–C) groups is 1. The quantitative estimate of drug-likeness (QED) is 0.655. The van der Waals surface area contributed by atoms with Crippen molar-refractivity contribution < 1.29 is 4.74 Å². The molecule has 0 unspecified atom stereocenters. The lowest BCUT2D eigenvalue weighted by Gasteiger charge is -2.18. The average Bonchev–Trinajstić information content (AvgIpc) is 2.46. The van der Waals surface area contributed by atoms with E-state index in [1.807, 2.05) is 24.3 Å². The fourth-order valence-corrected chi connectivity index (χ4v) is 2.88. The molecular weight excluding hydrogens is 262 g/mol. The molecule has 21 heavy (non-hydrogen) atoms. The van der Waals surface area contributed by atoms with E-state index in [0.717, 1.165) is 18.0 Å². The van der Waals surface area contributed by atoms with Crippen molar-refractivity contribution in [3.05, 3.63) is 24.3 Å². The Morgan fingerprint density at radius 2 is 1.86 bits per heavy atom. The summed E-state index contributed by atoms with van der Waals surface area (Å²) in [7, 11) is 1.66. The van der Waals surface area contributed by atoms with Gasteiger partial charge in [-0.1, -0.05) is 44.2 Å². The van der Waals surface area contributed by atoms with Gasteiger partial charge in [-0.2, -0.15) is 0 Å². The van der Waals surface area contributed by atoms with Gasteiger partial charge in [-0.15, -0.1) is 0 Å². The first-order valence-corrected chi connectivity index (χ1v) is 7.99. The number of para-hydroxylation sites is 2. The molecule has 0 saturated heterocycles. The van der Waals surface area contributed by atoms with Gasteiger partial charge in [0.05, 0.1) is 12.8 Å². The Morgan fingerprint density at radius 3 is 2.57 bits per heavy atom. The van der Waals surface area contributed by atoms with Crippen LogP contribution in [0.15, 0.2) is 29.3 Å². The van der Waals surface area contributed by atoms with Crippen LogP contribution >= 0.6 is 0 Å². The van der Waals surface area contributed by atoms with Gasteiger partial charge in [0, 0.05) is 6.54 Å². The lowest BCUT2D eigenvalue weighted by molar-refractivity contribution is 0.386. The lowest BCUT2D eigenvalue weighted by atomic mass is 9.91. The molecule has 0 amide bonds. The number of nitrogens with zero attached hydrogens (tertiary/aromatic N) is 1. The van der Waals surface area contributed by atoms with Crippen LogP contribution in [0.1, 0.15) is 44.9 Å². The summed E-state index contributed by atoms with van der Waals surface area (Å²) in [5, 5.41) is 3.13. The average molecular weight is 289 g/mol. The first kappa shape index (κ1) is 15.7. The predicted molar refractivity (Wildman–Crippen MR) is 88.9 cm³/mol. The van der Waals surface area contributed by atoms with Gasteiger partial charge in [0.1, 0.15) is 5.75 Å². The van der Waals surface area contributed by atoms with E-state index in [9.17, 15) is 0 Å². The Hall–Kier alpha value is -1.71. The normalized spacial score (nSPS) is 17.9. The van der Waals surface area contributed by atoms with E-state index in [-0.39, 0.29) is 0 Å². The van der Waals surface area contributed by atoms with Gasteiger partial charge in [0.2, 0.25) is 0 Å². The second kappa shape index (κ2) is 8.55. The molecule has 0 aromatic heterocycles. The summed E-state index contributed by atoms with van der Waals surface area (Å²) in [6, 6.07) is 7.74. The van der Waals surface area contributed by atoms with Crippen molar-refractivity contribution in [2.75, 3.05) is 19.0 Å². The molecular formula is C17H27N3O. The van der Waals surface area contributed by atoms with Crippen LogP contribution in [-0.2, 0) is 0 Å². The zero-order chi connectivity index (χ0) is 14.9. The van der Waals surface area contributed by atoms with Crippen LogP contribution in [0, 0.1) is 5.92 Å². The molecule has 4 nitrogen and oxygen atoms in total. The first-order chi connectivity index (χ1) is 10.3. The van der Waals surface area contributed by atoms with Crippen LogP contribution in [0.5, 0.6) is 5.75 Å². The number of rotatable bonds is 4. The summed E-state index contributed by atoms with van der Waals surface area (Å²) in [5.41, 5.74) is 6.86. The van der Waals surface area contributed by atoms with Gasteiger partial charge < -0.3 is 15.8 Å². The highest BCUT2D eigenvalue weighted by Crippen LogP contribution is 2.24. The number of ether oxygens (including phenoxy) is 1. The third-order valence-electron chi connectivity index (χ3n) is 4.11. The number of hydrogen-bond donors (Lipinski definition) is 2. The highest BCUT2D eigenvalue weighted by molar-refractivity contribution is 5.93. The number of anilines is 1. The van der Waals surface area contributed by atoms with E-state index in [0.29, 0.717) is 11.9 Å². The molecule has 0 radical (unpaired) electrons. The van der Waals surface area contributed by atoms with E-state index in [1.54, 1.807) is 7.11 Å². The Balaban J connectivity index is 1.88. The summed E-state index contributed by atoms with van der Waals surface area (Å²) in [6.45, 7) is 0.827. The van der Waals surface area contributed by atoms with Crippen LogP contribution in [0.2, 0.25) is 0 Å². The number of benzene rings is 1. The van der Waals surface area contributed by atoms with E-state index >= 15 is 0 Å². The van der Waals surface area contributed by atoms with Gasteiger partial charge in [0.25, 0.3) is 0 Å². The standard InChI is InChI=1S/C17H27N3O/c1-21-16-12-8-7-11-15(16)20-17(18)19-13-14-9-5-3-2-4-6-10-14/h7-8,11-12,14H,2-6,9-10,13H2,1H3,(H3,18,19,20). The maximum Gasteiger partial charge on any atom is 0.193 e.